The van der Waals surface area contributed by atoms with Crippen LogP contribution in [0.5, 0.6) is 0 Å². The van der Waals surface area contributed by atoms with Crippen molar-refractivity contribution in [2.45, 2.75) is 39.3 Å². The van der Waals surface area contributed by atoms with Crippen LogP contribution in [0, 0.1) is 6.92 Å². The quantitative estimate of drug-likeness (QED) is 0.693. The van der Waals surface area contributed by atoms with E-state index in [1.54, 1.807) is 6.26 Å². The first-order valence-corrected chi connectivity index (χ1v) is 4.88. The third kappa shape index (κ3) is 1.51. The van der Waals surface area contributed by atoms with Crippen LogP contribution in [0.25, 0.3) is 0 Å². The zero-order chi connectivity index (χ0) is 9.47. The van der Waals surface area contributed by atoms with E-state index in [9.17, 15) is 0 Å². The number of aryl methyl sites for hydroxylation is 1. The van der Waals surface area contributed by atoms with Gasteiger partial charge < -0.3 is 4.42 Å². The molecule has 2 heteroatoms. The molecule has 0 bridgehead atoms. The Morgan fingerprint density at radius 1 is 1.54 bits per heavy atom. The molecule has 2 rings (SSSR count). The normalized spacial score (nSPS) is 21.5. The molecule has 1 saturated heterocycles. The maximum atomic E-state index is 5.42. The van der Waals surface area contributed by atoms with Gasteiger partial charge in [-0.05, 0) is 38.8 Å². The largest absolute Gasteiger partial charge is 0.468 e. The topological polar surface area (TPSA) is 16.4 Å². The Kier molecular flexibility index (Phi) is 1.95. The fraction of sp³-hybridized carbons (Fsp3) is 0.636. The molecule has 1 fully saturated rings. The summed E-state index contributed by atoms with van der Waals surface area (Å²) in [5, 5.41) is 0. The Labute approximate surface area is 79.5 Å². The average molecular weight is 179 g/mol. The summed E-state index contributed by atoms with van der Waals surface area (Å²) in [5.41, 5.74) is 1.64. The van der Waals surface area contributed by atoms with Gasteiger partial charge in [0.05, 0.1) is 12.8 Å². The van der Waals surface area contributed by atoms with Gasteiger partial charge >= 0.3 is 0 Å². The van der Waals surface area contributed by atoms with Gasteiger partial charge in [0.25, 0.3) is 0 Å². The van der Waals surface area contributed by atoms with Gasteiger partial charge in [-0.2, -0.15) is 0 Å². The van der Waals surface area contributed by atoms with Crippen molar-refractivity contribution in [3.8, 4) is 0 Å². The summed E-state index contributed by atoms with van der Waals surface area (Å²) in [7, 11) is 0. The standard InChI is InChI=1S/C11H17NO/c1-9-4-7-13-10(9)8-12-6-5-11(12,2)3/h4,7H,5-6,8H2,1-3H3. The molecule has 1 aliphatic heterocycles. The van der Waals surface area contributed by atoms with Gasteiger partial charge in [-0.3, -0.25) is 4.90 Å². The van der Waals surface area contributed by atoms with E-state index in [0.29, 0.717) is 5.54 Å². The molecular formula is C11H17NO. The Bertz CT molecular complexity index is 301. The molecule has 0 spiro atoms. The molecule has 1 aromatic heterocycles. The maximum absolute atomic E-state index is 5.42. The van der Waals surface area contributed by atoms with Crippen molar-refractivity contribution in [2.24, 2.45) is 0 Å². The zero-order valence-electron chi connectivity index (χ0n) is 8.63. The molecule has 0 amide bonds. The van der Waals surface area contributed by atoms with E-state index in [1.165, 1.54) is 18.5 Å². The second-order valence-corrected chi connectivity index (χ2v) is 4.51. The van der Waals surface area contributed by atoms with E-state index in [-0.39, 0.29) is 0 Å². The third-order valence-electron chi connectivity index (χ3n) is 3.15. The molecule has 0 atom stereocenters. The van der Waals surface area contributed by atoms with Crippen LogP contribution in [-0.2, 0) is 6.54 Å². The van der Waals surface area contributed by atoms with Crippen molar-refractivity contribution in [2.75, 3.05) is 6.54 Å². The molecule has 1 aliphatic rings. The van der Waals surface area contributed by atoms with Crippen molar-refractivity contribution in [1.82, 2.24) is 4.90 Å². The molecule has 0 N–H and O–H groups in total. The number of nitrogens with zero attached hydrogens (tertiary/aromatic N) is 1. The number of furan rings is 1. The van der Waals surface area contributed by atoms with Crippen molar-refractivity contribution < 1.29 is 4.42 Å². The molecule has 0 saturated carbocycles. The van der Waals surface area contributed by atoms with E-state index >= 15 is 0 Å². The second kappa shape index (κ2) is 2.88. The highest BCUT2D eigenvalue weighted by atomic mass is 16.3. The lowest BCUT2D eigenvalue weighted by Gasteiger charge is -2.48. The molecule has 2 heterocycles. The van der Waals surface area contributed by atoms with Crippen LogP contribution in [0.1, 0.15) is 31.6 Å². The zero-order valence-corrected chi connectivity index (χ0v) is 8.63. The summed E-state index contributed by atoms with van der Waals surface area (Å²) in [4.78, 5) is 2.46. The first kappa shape index (κ1) is 8.82. The molecule has 0 aromatic carbocycles. The number of hydrogen-bond donors (Lipinski definition) is 0. The van der Waals surface area contributed by atoms with Crippen LogP contribution in [0.3, 0.4) is 0 Å². The lowest BCUT2D eigenvalue weighted by Crippen LogP contribution is -2.54. The maximum Gasteiger partial charge on any atom is 0.120 e. The highest BCUT2D eigenvalue weighted by Crippen LogP contribution is 2.31. The predicted octanol–water partition coefficient (Wildman–Crippen LogP) is 2.57. The van der Waals surface area contributed by atoms with E-state index in [4.69, 9.17) is 4.42 Å². The summed E-state index contributed by atoms with van der Waals surface area (Å²) >= 11 is 0. The van der Waals surface area contributed by atoms with Crippen molar-refractivity contribution >= 4 is 0 Å². The van der Waals surface area contributed by atoms with Gasteiger partial charge in [-0.25, -0.2) is 0 Å². The molecule has 2 nitrogen and oxygen atoms in total. The Morgan fingerprint density at radius 3 is 2.69 bits per heavy atom. The molecule has 0 unspecified atom stereocenters. The fourth-order valence-corrected chi connectivity index (χ4v) is 1.75. The SMILES string of the molecule is Cc1ccoc1CN1CCC1(C)C. The van der Waals surface area contributed by atoms with Crippen molar-refractivity contribution in [3.63, 3.8) is 0 Å². The molecule has 13 heavy (non-hydrogen) atoms. The Hall–Kier alpha value is -0.760. The molecular weight excluding hydrogens is 162 g/mol. The Morgan fingerprint density at radius 2 is 2.31 bits per heavy atom. The first-order valence-electron chi connectivity index (χ1n) is 4.88. The van der Waals surface area contributed by atoms with E-state index in [1.807, 2.05) is 6.07 Å². The van der Waals surface area contributed by atoms with Gasteiger partial charge in [0.15, 0.2) is 0 Å². The molecule has 1 aromatic rings. The van der Waals surface area contributed by atoms with Crippen LogP contribution in [-0.4, -0.2) is 17.0 Å². The number of hydrogen-bond acceptors (Lipinski definition) is 2. The van der Waals surface area contributed by atoms with Crippen molar-refractivity contribution in [3.05, 3.63) is 23.7 Å². The average Bonchev–Trinajstić information content (AvgIpc) is 2.45. The fourth-order valence-electron chi connectivity index (χ4n) is 1.75. The smallest absolute Gasteiger partial charge is 0.120 e. The monoisotopic (exact) mass is 179 g/mol. The lowest BCUT2D eigenvalue weighted by molar-refractivity contribution is 0.00221. The van der Waals surface area contributed by atoms with Crippen LogP contribution in [0.15, 0.2) is 16.7 Å². The summed E-state index contributed by atoms with van der Waals surface area (Å²) in [5.74, 6) is 1.12. The van der Waals surface area contributed by atoms with Gasteiger partial charge in [0.2, 0.25) is 0 Å². The first-order chi connectivity index (χ1) is 6.09. The summed E-state index contributed by atoms with van der Waals surface area (Å²) < 4.78 is 5.42. The van der Waals surface area contributed by atoms with Crippen molar-refractivity contribution in [1.29, 1.82) is 0 Å². The van der Waals surface area contributed by atoms with Crippen LogP contribution in [0.4, 0.5) is 0 Å². The van der Waals surface area contributed by atoms with Gasteiger partial charge in [0, 0.05) is 12.1 Å². The van der Waals surface area contributed by atoms with Gasteiger partial charge in [0.1, 0.15) is 5.76 Å². The van der Waals surface area contributed by atoms with E-state index < -0.39 is 0 Å². The van der Waals surface area contributed by atoms with Crippen LogP contribution in [0.2, 0.25) is 0 Å². The minimum atomic E-state index is 0.374. The van der Waals surface area contributed by atoms with Gasteiger partial charge in [-0.1, -0.05) is 0 Å². The third-order valence-corrected chi connectivity index (χ3v) is 3.15. The predicted molar refractivity (Wildman–Crippen MR) is 52.6 cm³/mol. The van der Waals surface area contributed by atoms with Crippen LogP contribution < -0.4 is 0 Å². The molecule has 72 valence electrons. The molecule has 0 aliphatic carbocycles. The second-order valence-electron chi connectivity index (χ2n) is 4.51. The summed E-state index contributed by atoms with van der Waals surface area (Å²) in [6.07, 6.45) is 3.07. The minimum absolute atomic E-state index is 0.374. The lowest BCUT2D eigenvalue weighted by atomic mass is 9.89. The highest BCUT2D eigenvalue weighted by molar-refractivity contribution is 5.15. The number of rotatable bonds is 2. The number of likely N-dealkylation sites (tertiary alicyclic amines) is 1. The molecule has 0 radical (unpaired) electrons. The highest BCUT2D eigenvalue weighted by Gasteiger charge is 2.36. The van der Waals surface area contributed by atoms with Gasteiger partial charge in [-0.15, -0.1) is 0 Å². The van der Waals surface area contributed by atoms with E-state index in [2.05, 4.69) is 25.7 Å². The minimum Gasteiger partial charge on any atom is -0.468 e. The summed E-state index contributed by atoms with van der Waals surface area (Å²) in [6, 6.07) is 2.03. The van der Waals surface area contributed by atoms with E-state index in [0.717, 1.165) is 12.3 Å². The summed E-state index contributed by atoms with van der Waals surface area (Å²) in [6.45, 7) is 8.84. The Balaban J connectivity index is 2.03. The van der Waals surface area contributed by atoms with Crippen LogP contribution >= 0.6 is 0 Å².